The summed E-state index contributed by atoms with van der Waals surface area (Å²) in [6.07, 6.45) is 1.42. The number of anilines is 1. The Bertz CT molecular complexity index is 941. The molecule has 3 rings (SSSR count). The Labute approximate surface area is 166 Å². The largest absolute Gasteiger partial charge is 0.478 e. The van der Waals surface area contributed by atoms with E-state index in [2.05, 4.69) is 5.32 Å². The van der Waals surface area contributed by atoms with E-state index in [0.717, 1.165) is 23.8 Å². The summed E-state index contributed by atoms with van der Waals surface area (Å²) in [6.45, 7) is 4.22. The van der Waals surface area contributed by atoms with Crippen LogP contribution in [0.2, 0.25) is 0 Å². The summed E-state index contributed by atoms with van der Waals surface area (Å²) in [6, 6.07) is 14.8. The van der Waals surface area contributed by atoms with Gasteiger partial charge in [0.15, 0.2) is 6.10 Å². The predicted octanol–water partition coefficient (Wildman–Crippen LogP) is 3.18. The monoisotopic (exact) mass is 402 g/mol. The molecule has 0 unspecified atom stereocenters. The topological polar surface area (TPSA) is 75.7 Å². The predicted molar refractivity (Wildman–Crippen MR) is 110 cm³/mol. The van der Waals surface area contributed by atoms with Crippen LogP contribution in [0.5, 0.6) is 5.75 Å². The van der Waals surface area contributed by atoms with Crippen molar-refractivity contribution in [1.82, 2.24) is 5.32 Å². The lowest BCUT2D eigenvalue weighted by molar-refractivity contribution is -0.128. The molecule has 1 aliphatic heterocycles. The molecule has 1 aliphatic rings. The number of carbonyl (C=O) groups is 1. The Balaban J connectivity index is 1.80. The molecule has 2 aromatic rings. The minimum atomic E-state index is -3.46. The number of nitrogens with zero attached hydrogens (tertiary/aromatic N) is 1. The number of sulfonamides is 1. The van der Waals surface area contributed by atoms with Gasteiger partial charge in [0.1, 0.15) is 5.75 Å². The van der Waals surface area contributed by atoms with Crippen LogP contribution in [-0.4, -0.2) is 33.2 Å². The molecular weight excluding hydrogens is 376 g/mol. The van der Waals surface area contributed by atoms with Crippen molar-refractivity contribution in [2.45, 2.75) is 38.8 Å². The van der Waals surface area contributed by atoms with Crippen molar-refractivity contribution in [2.75, 3.05) is 17.1 Å². The SMILES string of the molecule is CC[C@H](NC(=O)[C@H]1CCN(S(C)(=O)=O)c2ccccc2O1)c1ccc(C)cc1. The highest BCUT2D eigenvalue weighted by molar-refractivity contribution is 7.92. The molecule has 0 bridgehead atoms. The molecule has 0 aromatic heterocycles. The number of rotatable bonds is 5. The number of aryl methyl sites for hydroxylation is 1. The second-order valence-corrected chi connectivity index (χ2v) is 8.98. The number of amides is 1. The van der Waals surface area contributed by atoms with Crippen LogP contribution in [0.4, 0.5) is 5.69 Å². The zero-order chi connectivity index (χ0) is 20.3. The summed E-state index contributed by atoms with van der Waals surface area (Å²) in [5.74, 6) is 0.159. The number of hydrogen-bond acceptors (Lipinski definition) is 4. The number of fused-ring (bicyclic) bond motifs is 1. The smallest absolute Gasteiger partial charge is 0.261 e. The summed E-state index contributed by atoms with van der Waals surface area (Å²) in [4.78, 5) is 12.9. The molecule has 0 aliphatic carbocycles. The lowest BCUT2D eigenvalue weighted by Crippen LogP contribution is -2.41. The van der Waals surface area contributed by atoms with Gasteiger partial charge >= 0.3 is 0 Å². The van der Waals surface area contributed by atoms with E-state index >= 15 is 0 Å². The Kier molecular flexibility index (Phi) is 5.93. The Morgan fingerprint density at radius 1 is 1.21 bits per heavy atom. The van der Waals surface area contributed by atoms with Crippen molar-refractivity contribution >= 4 is 21.6 Å². The molecule has 1 N–H and O–H groups in total. The standard InChI is InChI=1S/C21H26N2O4S/c1-4-17(16-11-9-15(2)10-12-16)22-21(24)20-13-14-23(28(3,25)26)18-7-5-6-8-19(18)27-20/h5-12,17,20H,4,13-14H2,1-3H3,(H,22,24)/t17-,20+/m0/s1. The molecule has 2 aromatic carbocycles. The third-order valence-corrected chi connectivity index (χ3v) is 6.07. The summed E-state index contributed by atoms with van der Waals surface area (Å²) < 4.78 is 31.6. The maximum absolute atomic E-state index is 12.9. The molecule has 0 saturated carbocycles. The van der Waals surface area contributed by atoms with Crippen LogP contribution in [-0.2, 0) is 14.8 Å². The fourth-order valence-electron chi connectivity index (χ4n) is 3.34. The van der Waals surface area contributed by atoms with Crippen LogP contribution in [0.1, 0.15) is 36.9 Å². The van der Waals surface area contributed by atoms with Crippen LogP contribution >= 0.6 is 0 Å². The first-order chi connectivity index (χ1) is 13.3. The minimum Gasteiger partial charge on any atom is -0.478 e. The first-order valence-corrected chi connectivity index (χ1v) is 11.2. The van der Waals surface area contributed by atoms with E-state index in [-0.39, 0.29) is 24.9 Å². The average Bonchev–Trinajstić information content (AvgIpc) is 2.86. The number of benzene rings is 2. The highest BCUT2D eigenvalue weighted by atomic mass is 32.2. The van der Waals surface area contributed by atoms with Crippen LogP contribution in [0, 0.1) is 6.92 Å². The number of carbonyl (C=O) groups excluding carboxylic acids is 1. The van der Waals surface area contributed by atoms with Crippen molar-refractivity contribution in [3.63, 3.8) is 0 Å². The van der Waals surface area contributed by atoms with Crippen molar-refractivity contribution in [3.8, 4) is 5.75 Å². The van der Waals surface area contributed by atoms with E-state index in [4.69, 9.17) is 4.74 Å². The molecule has 0 spiro atoms. The molecule has 1 amide bonds. The molecule has 1 heterocycles. The van der Waals surface area contributed by atoms with Crippen LogP contribution < -0.4 is 14.4 Å². The first-order valence-electron chi connectivity index (χ1n) is 9.40. The van der Waals surface area contributed by atoms with Crippen molar-refractivity contribution in [3.05, 3.63) is 59.7 Å². The maximum atomic E-state index is 12.9. The van der Waals surface area contributed by atoms with Crippen LogP contribution in [0.3, 0.4) is 0 Å². The van der Waals surface area contributed by atoms with Crippen LogP contribution in [0.15, 0.2) is 48.5 Å². The van der Waals surface area contributed by atoms with Gasteiger partial charge in [0, 0.05) is 13.0 Å². The van der Waals surface area contributed by atoms with Gasteiger partial charge < -0.3 is 10.1 Å². The van der Waals surface area contributed by atoms with Gasteiger partial charge in [-0.2, -0.15) is 0 Å². The van der Waals surface area contributed by atoms with Gasteiger partial charge in [0.25, 0.3) is 5.91 Å². The molecule has 2 atom stereocenters. The highest BCUT2D eigenvalue weighted by Crippen LogP contribution is 2.34. The Morgan fingerprint density at radius 3 is 2.54 bits per heavy atom. The van der Waals surface area contributed by atoms with E-state index in [1.54, 1.807) is 24.3 Å². The van der Waals surface area contributed by atoms with E-state index < -0.39 is 16.1 Å². The molecular formula is C21H26N2O4S. The quantitative estimate of drug-likeness (QED) is 0.833. The minimum absolute atomic E-state index is 0.124. The zero-order valence-electron chi connectivity index (χ0n) is 16.4. The number of ether oxygens (including phenoxy) is 1. The second-order valence-electron chi connectivity index (χ2n) is 7.08. The van der Waals surface area contributed by atoms with Gasteiger partial charge in [-0.3, -0.25) is 9.10 Å². The highest BCUT2D eigenvalue weighted by Gasteiger charge is 2.31. The lowest BCUT2D eigenvalue weighted by atomic mass is 10.0. The van der Waals surface area contributed by atoms with E-state index in [9.17, 15) is 13.2 Å². The van der Waals surface area contributed by atoms with Crippen molar-refractivity contribution < 1.29 is 17.9 Å². The normalized spacial score (nSPS) is 17.8. The van der Waals surface area contributed by atoms with E-state index in [1.807, 2.05) is 38.1 Å². The maximum Gasteiger partial charge on any atom is 0.261 e. The molecule has 0 fully saturated rings. The summed E-state index contributed by atoms with van der Waals surface area (Å²) in [5.41, 5.74) is 2.66. The number of hydrogen-bond donors (Lipinski definition) is 1. The summed E-state index contributed by atoms with van der Waals surface area (Å²) in [7, 11) is -3.46. The summed E-state index contributed by atoms with van der Waals surface area (Å²) >= 11 is 0. The average molecular weight is 403 g/mol. The van der Waals surface area contributed by atoms with Gasteiger partial charge in [0.2, 0.25) is 10.0 Å². The van der Waals surface area contributed by atoms with Gasteiger partial charge in [-0.15, -0.1) is 0 Å². The first kappa shape index (κ1) is 20.2. The second kappa shape index (κ2) is 8.22. The fraction of sp³-hybridized carbons (Fsp3) is 0.381. The van der Waals surface area contributed by atoms with Gasteiger partial charge in [-0.25, -0.2) is 8.42 Å². The third-order valence-electron chi connectivity index (χ3n) is 4.89. The molecule has 28 heavy (non-hydrogen) atoms. The van der Waals surface area contributed by atoms with Gasteiger partial charge in [-0.05, 0) is 31.0 Å². The molecule has 0 radical (unpaired) electrons. The number of nitrogens with one attached hydrogen (secondary N) is 1. The number of para-hydroxylation sites is 2. The van der Waals surface area contributed by atoms with Crippen molar-refractivity contribution in [2.24, 2.45) is 0 Å². The molecule has 7 heteroatoms. The fourth-order valence-corrected chi connectivity index (χ4v) is 4.29. The third kappa shape index (κ3) is 4.47. The molecule has 0 saturated heterocycles. The van der Waals surface area contributed by atoms with E-state index in [0.29, 0.717) is 11.4 Å². The Hall–Kier alpha value is -2.54. The summed E-state index contributed by atoms with van der Waals surface area (Å²) in [5, 5.41) is 3.05. The molecule has 6 nitrogen and oxygen atoms in total. The van der Waals surface area contributed by atoms with Gasteiger partial charge in [-0.1, -0.05) is 48.9 Å². The Morgan fingerprint density at radius 2 is 1.89 bits per heavy atom. The van der Waals surface area contributed by atoms with Crippen LogP contribution in [0.25, 0.3) is 0 Å². The lowest BCUT2D eigenvalue weighted by Gasteiger charge is -2.22. The van der Waals surface area contributed by atoms with Gasteiger partial charge in [0.05, 0.1) is 18.0 Å². The molecule has 150 valence electrons. The van der Waals surface area contributed by atoms with E-state index in [1.165, 1.54) is 4.31 Å². The zero-order valence-corrected chi connectivity index (χ0v) is 17.2. The van der Waals surface area contributed by atoms with Crippen molar-refractivity contribution in [1.29, 1.82) is 0 Å².